The molecule has 0 amide bonds. The zero-order valence-electron chi connectivity index (χ0n) is 27.1. The predicted octanol–water partition coefficient (Wildman–Crippen LogP) is 16.2. The Kier molecular flexibility index (Phi) is 250. The summed E-state index contributed by atoms with van der Waals surface area (Å²) in [5.74, 6) is 3.19. The zero-order chi connectivity index (χ0) is 27.1. The molecule has 35 heavy (non-hydrogen) atoms. The normalized spacial score (nSPS) is 12.4. The highest BCUT2D eigenvalue weighted by Crippen LogP contribution is 2.25. The van der Waals surface area contributed by atoms with Crippen molar-refractivity contribution in [2.24, 2.45) is 17.8 Å². The number of hydrogen-bond acceptors (Lipinski definition) is 0. The second kappa shape index (κ2) is 114. The van der Waals surface area contributed by atoms with E-state index in [0.717, 1.165) is 17.8 Å². The van der Waals surface area contributed by atoms with Gasteiger partial charge in [-0.15, -0.1) is 0 Å². The number of rotatable bonds is 0. The van der Waals surface area contributed by atoms with Crippen molar-refractivity contribution in [3.05, 3.63) is 0 Å². The lowest BCUT2D eigenvalue weighted by Crippen LogP contribution is -2.04. The highest BCUT2D eigenvalue weighted by Gasteiger charge is 2.10. The lowest BCUT2D eigenvalue weighted by atomic mass is 9.88. The van der Waals surface area contributed by atoms with Gasteiger partial charge < -0.3 is 0 Å². The lowest BCUT2D eigenvalue weighted by Gasteiger charge is -2.18. The Morgan fingerprint density at radius 2 is 0.314 bits per heavy atom. The van der Waals surface area contributed by atoms with Crippen molar-refractivity contribution in [3.63, 3.8) is 0 Å². The molecule has 0 atom stereocenters. The quantitative estimate of drug-likeness (QED) is 0.301. The second-order valence-electron chi connectivity index (χ2n) is 6.11. The molecule has 0 heteroatoms. The highest BCUT2D eigenvalue weighted by molar-refractivity contribution is 4.63. The van der Waals surface area contributed by atoms with Crippen LogP contribution in [0.3, 0.4) is 0 Å². The summed E-state index contributed by atoms with van der Waals surface area (Å²) in [6.45, 7) is 38.9. The average molecular weight is 515 g/mol. The molecule has 3 aliphatic carbocycles. The fraction of sp³-hybridized carbons (Fsp3) is 1.00. The standard InChI is InChI=1S/3C5H10.8C2H6.4CH4/c3*1-5-3-2-4-5;8*1-2;;;;/h3*5H,2-4H2,1H3;8*1-2H3;4*1H4. The monoisotopic (exact) mass is 515 g/mol. The molecule has 0 aromatic heterocycles. The summed E-state index contributed by atoms with van der Waals surface area (Å²) in [4.78, 5) is 0. The summed E-state index contributed by atoms with van der Waals surface area (Å²) in [7, 11) is 0. The van der Waals surface area contributed by atoms with Crippen LogP contribution in [0.5, 0.6) is 0 Å². The molecule has 3 rings (SSSR count). The Morgan fingerprint density at radius 3 is 0.314 bits per heavy atom. The van der Waals surface area contributed by atoms with Gasteiger partial charge in [0, 0.05) is 0 Å². The summed E-state index contributed by atoms with van der Waals surface area (Å²) < 4.78 is 0. The van der Waals surface area contributed by atoms with Crippen LogP contribution < -0.4 is 0 Å². The molecular weight excluding hydrogens is 420 g/mol. The van der Waals surface area contributed by atoms with Crippen LogP contribution in [0.1, 0.15) is 219 Å². The van der Waals surface area contributed by atoms with E-state index in [2.05, 4.69) is 20.8 Å². The maximum atomic E-state index is 2.31. The van der Waals surface area contributed by atoms with E-state index in [1.165, 1.54) is 57.8 Å². The van der Waals surface area contributed by atoms with Gasteiger partial charge in [0.1, 0.15) is 0 Å². The first kappa shape index (κ1) is 76.5. The molecule has 234 valence electrons. The van der Waals surface area contributed by atoms with Crippen LogP contribution in [-0.2, 0) is 0 Å². The molecule has 0 unspecified atom stereocenters. The van der Waals surface area contributed by atoms with E-state index in [1.54, 1.807) is 0 Å². The maximum absolute atomic E-state index is 2.31. The van der Waals surface area contributed by atoms with Crippen molar-refractivity contribution in [2.45, 2.75) is 219 Å². The van der Waals surface area contributed by atoms with Gasteiger partial charge in [-0.1, -0.05) is 219 Å². The molecular formula is C35H94. The minimum absolute atomic E-state index is 0. The third kappa shape index (κ3) is 107. The fourth-order valence-corrected chi connectivity index (χ4v) is 1.84. The minimum Gasteiger partial charge on any atom is -0.0776 e. The first-order valence-electron chi connectivity index (χ1n) is 15.2. The van der Waals surface area contributed by atoms with Gasteiger partial charge in [-0.2, -0.15) is 0 Å². The summed E-state index contributed by atoms with van der Waals surface area (Å²) in [5.41, 5.74) is 0. The molecule has 0 heterocycles. The molecule has 3 fully saturated rings. The lowest BCUT2D eigenvalue weighted by molar-refractivity contribution is 0.346. The van der Waals surface area contributed by atoms with Crippen molar-refractivity contribution < 1.29 is 0 Å². The van der Waals surface area contributed by atoms with E-state index < -0.39 is 0 Å². The summed E-state index contributed by atoms with van der Waals surface area (Å²) >= 11 is 0. The van der Waals surface area contributed by atoms with E-state index in [-0.39, 0.29) is 29.7 Å². The van der Waals surface area contributed by atoms with Crippen LogP contribution in [0.4, 0.5) is 0 Å². The SMILES string of the molecule is C.C.C.C.CC.CC.CC.CC.CC.CC.CC.CC.CC1CCC1.CC1CCC1.CC1CCC1. The van der Waals surface area contributed by atoms with E-state index in [1.807, 2.05) is 111 Å². The molecule has 0 nitrogen and oxygen atoms in total. The Hall–Kier alpha value is 0. The first-order chi connectivity index (χ1) is 15.2. The summed E-state index contributed by atoms with van der Waals surface area (Å²) in [6, 6.07) is 0. The molecule has 0 bridgehead atoms. The molecule has 0 aromatic carbocycles. The second-order valence-corrected chi connectivity index (χ2v) is 6.11. The van der Waals surface area contributed by atoms with Crippen LogP contribution in [0.25, 0.3) is 0 Å². The van der Waals surface area contributed by atoms with Gasteiger partial charge in [-0.25, -0.2) is 0 Å². The molecule has 0 radical (unpaired) electrons. The van der Waals surface area contributed by atoms with Crippen LogP contribution in [0.15, 0.2) is 0 Å². The number of hydrogen-bond donors (Lipinski definition) is 0. The zero-order valence-corrected chi connectivity index (χ0v) is 27.1. The molecule has 0 aromatic rings. The van der Waals surface area contributed by atoms with Crippen molar-refractivity contribution in [3.8, 4) is 0 Å². The maximum Gasteiger partial charge on any atom is -0.0443 e. The van der Waals surface area contributed by atoms with Crippen LogP contribution in [-0.4, -0.2) is 0 Å². The van der Waals surface area contributed by atoms with E-state index in [9.17, 15) is 0 Å². The average Bonchev–Trinajstić information content (AvgIpc) is 2.86. The highest BCUT2D eigenvalue weighted by atomic mass is 14.2. The van der Waals surface area contributed by atoms with Gasteiger partial charge in [0.2, 0.25) is 0 Å². The topological polar surface area (TPSA) is 0 Å². The van der Waals surface area contributed by atoms with Crippen molar-refractivity contribution in [1.82, 2.24) is 0 Å². The van der Waals surface area contributed by atoms with Crippen molar-refractivity contribution in [2.75, 3.05) is 0 Å². The third-order valence-electron chi connectivity index (χ3n) is 4.18. The van der Waals surface area contributed by atoms with Gasteiger partial charge in [-0.3, -0.25) is 0 Å². The largest absolute Gasteiger partial charge is 0.0776 e. The van der Waals surface area contributed by atoms with Crippen LogP contribution in [0.2, 0.25) is 0 Å². The smallest absolute Gasteiger partial charge is 0.0443 e. The molecule has 0 saturated heterocycles. The summed E-state index contributed by atoms with van der Waals surface area (Å²) in [5, 5.41) is 0. The Morgan fingerprint density at radius 1 is 0.257 bits per heavy atom. The Bertz CT molecular complexity index is 110. The molecule has 0 spiro atoms. The third-order valence-corrected chi connectivity index (χ3v) is 4.18. The Labute approximate surface area is 236 Å². The molecule has 3 aliphatic rings. The van der Waals surface area contributed by atoms with Gasteiger partial charge >= 0.3 is 0 Å². The van der Waals surface area contributed by atoms with E-state index in [0.29, 0.717) is 0 Å². The van der Waals surface area contributed by atoms with Crippen LogP contribution in [0, 0.1) is 17.8 Å². The van der Waals surface area contributed by atoms with Gasteiger partial charge in [-0.05, 0) is 17.8 Å². The Balaban J connectivity index is -0.0000000171. The van der Waals surface area contributed by atoms with Crippen molar-refractivity contribution in [1.29, 1.82) is 0 Å². The predicted molar refractivity (Wildman–Crippen MR) is 187 cm³/mol. The van der Waals surface area contributed by atoms with Crippen LogP contribution >= 0.6 is 0 Å². The molecule has 3 saturated carbocycles. The summed E-state index contributed by atoms with van der Waals surface area (Å²) in [6.07, 6.45) is 13.4. The fourth-order valence-electron chi connectivity index (χ4n) is 1.84. The van der Waals surface area contributed by atoms with E-state index >= 15 is 0 Å². The van der Waals surface area contributed by atoms with Gasteiger partial charge in [0.25, 0.3) is 0 Å². The van der Waals surface area contributed by atoms with Gasteiger partial charge in [0.05, 0.1) is 0 Å². The van der Waals surface area contributed by atoms with Crippen molar-refractivity contribution >= 4 is 0 Å². The molecule has 0 N–H and O–H groups in total. The first-order valence-corrected chi connectivity index (χ1v) is 15.2. The molecule has 0 aliphatic heterocycles. The van der Waals surface area contributed by atoms with Gasteiger partial charge in [0.15, 0.2) is 0 Å². The van der Waals surface area contributed by atoms with E-state index in [4.69, 9.17) is 0 Å². The minimum atomic E-state index is 0.